The van der Waals surface area contributed by atoms with Crippen molar-refractivity contribution >= 4 is 5.69 Å². The van der Waals surface area contributed by atoms with E-state index in [2.05, 4.69) is 0 Å². The van der Waals surface area contributed by atoms with Crippen molar-refractivity contribution in [2.75, 3.05) is 5.73 Å². The Hall–Kier alpha value is -1.46. The van der Waals surface area contributed by atoms with E-state index in [0.29, 0.717) is 6.07 Å². The first-order valence-electron chi connectivity index (χ1n) is 3.17. The predicted molar refractivity (Wildman–Crippen MR) is 37.5 cm³/mol. The average Bonchev–Trinajstić information content (AvgIpc) is 1.97. The van der Waals surface area contributed by atoms with Crippen molar-refractivity contribution in [1.82, 2.24) is 0 Å². The summed E-state index contributed by atoms with van der Waals surface area (Å²) in [6.45, 7) is 0. The van der Waals surface area contributed by atoms with Gasteiger partial charge in [0.15, 0.2) is 11.6 Å². The second kappa shape index (κ2) is 2.79. The van der Waals surface area contributed by atoms with E-state index in [-0.39, 0.29) is 6.07 Å². The lowest BCUT2D eigenvalue weighted by atomic mass is 10.2. The Balaban J connectivity index is 3.29. The molecule has 2 nitrogen and oxygen atoms in total. The molecule has 0 spiro atoms. The molecule has 1 aromatic rings. The maximum absolute atomic E-state index is 12.5. The van der Waals surface area contributed by atoms with Crippen LogP contribution in [0.4, 0.5) is 23.2 Å². The summed E-state index contributed by atoms with van der Waals surface area (Å²) in [4.78, 5) is 0. The third kappa shape index (κ3) is 1.82. The minimum Gasteiger partial charge on any atom is -0.503 e. The van der Waals surface area contributed by atoms with Crippen LogP contribution in [-0.4, -0.2) is 5.11 Å². The maximum Gasteiger partial charge on any atom is 0.416 e. The van der Waals surface area contributed by atoms with Gasteiger partial charge in [-0.1, -0.05) is 0 Å². The van der Waals surface area contributed by atoms with Crippen LogP contribution >= 0.6 is 0 Å². The first-order valence-corrected chi connectivity index (χ1v) is 3.17. The van der Waals surface area contributed by atoms with Gasteiger partial charge >= 0.3 is 6.18 Å². The molecule has 0 aromatic heterocycles. The molecule has 0 bridgehead atoms. The van der Waals surface area contributed by atoms with Gasteiger partial charge in [-0.2, -0.15) is 13.2 Å². The van der Waals surface area contributed by atoms with E-state index in [4.69, 9.17) is 10.8 Å². The number of hydrogen-bond acceptors (Lipinski definition) is 2. The topological polar surface area (TPSA) is 46.2 Å². The number of hydrogen-bond donors (Lipinski definition) is 2. The molecule has 6 heteroatoms. The summed E-state index contributed by atoms with van der Waals surface area (Å²) < 4.78 is 48.5. The number of aromatic hydroxyl groups is 1. The number of alkyl halides is 3. The van der Waals surface area contributed by atoms with Crippen molar-refractivity contribution in [1.29, 1.82) is 0 Å². The zero-order chi connectivity index (χ0) is 10.2. The number of phenols is 1. The number of phenolic OH excluding ortho intramolecular Hbond substituents is 1. The molecular weight excluding hydrogens is 190 g/mol. The van der Waals surface area contributed by atoms with Crippen LogP contribution < -0.4 is 5.73 Å². The molecule has 0 unspecified atom stereocenters. The highest BCUT2D eigenvalue weighted by Gasteiger charge is 2.32. The Morgan fingerprint density at radius 1 is 1.23 bits per heavy atom. The monoisotopic (exact) mass is 195 g/mol. The van der Waals surface area contributed by atoms with E-state index in [1.807, 2.05) is 0 Å². The third-order valence-corrected chi connectivity index (χ3v) is 1.42. The average molecular weight is 195 g/mol. The number of benzene rings is 1. The Morgan fingerprint density at radius 2 is 1.77 bits per heavy atom. The van der Waals surface area contributed by atoms with E-state index >= 15 is 0 Å². The van der Waals surface area contributed by atoms with Gasteiger partial charge in [-0.25, -0.2) is 4.39 Å². The largest absolute Gasteiger partial charge is 0.503 e. The summed E-state index contributed by atoms with van der Waals surface area (Å²) in [6, 6.07) is 0.657. The summed E-state index contributed by atoms with van der Waals surface area (Å²) in [5, 5.41) is 8.73. The minimum absolute atomic E-state index is 0.186. The van der Waals surface area contributed by atoms with Crippen molar-refractivity contribution in [2.45, 2.75) is 6.18 Å². The summed E-state index contributed by atoms with van der Waals surface area (Å²) in [5.41, 5.74) is 3.07. The van der Waals surface area contributed by atoms with Crippen LogP contribution in [0, 0.1) is 5.82 Å². The lowest BCUT2D eigenvalue weighted by Gasteiger charge is -2.08. The highest BCUT2D eigenvalue weighted by atomic mass is 19.4. The van der Waals surface area contributed by atoms with Crippen LogP contribution in [0.2, 0.25) is 0 Å². The zero-order valence-electron chi connectivity index (χ0n) is 6.19. The molecule has 0 saturated heterocycles. The van der Waals surface area contributed by atoms with Crippen LogP contribution in [0.25, 0.3) is 0 Å². The van der Waals surface area contributed by atoms with Gasteiger partial charge in [0.25, 0.3) is 0 Å². The maximum atomic E-state index is 12.5. The Morgan fingerprint density at radius 3 is 2.15 bits per heavy atom. The van der Waals surface area contributed by atoms with Crippen molar-refractivity contribution in [3.63, 3.8) is 0 Å². The SMILES string of the molecule is Nc1cc(C(F)(F)F)cc(F)c1O. The molecule has 1 rings (SSSR count). The van der Waals surface area contributed by atoms with E-state index in [1.165, 1.54) is 0 Å². The smallest absolute Gasteiger partial charge is 0.416 e. The molecule has 3 N–H and O–H groups in total. The molecule has 0 saturated carbocycles. The van der Waals surface area contributed by atoms with Gasteiger partial charge in [0, 0.05) is 0 Å². The van der Waals surface area contributed by atoms with Crippen LogP contribution in [0.3, 0.4) is 0 Å². The third-order valence-electron chi connectivity index (χ3n) is 1.42. The van der Waals surface area contributed by atoms with E-state index < -0.39 is 29.0 Å². The molecule has 0 aliphatic rings. The Labute approximate surface area is 70.6 Å². The van der Waals surface area contributed by atoms with Gasteiger partial charge in [-0.05, 0) is 12.1 Å². The fraction of sp³-hybridized carbons (Fsp3) is 0.143. The van der Waals surface area contributed by atoms with Crippen molar-refractivity contribution < 1.29 is 22.7 Å². The molecule has 13 heavy (non-hydrogen) atoms. The van der Waals surface area contributed by atoms with Gasteiger partial charge in [0.05, 0.1) is 11.3 Å². The second-order valence-electron chi connectivity index (χ2n) is 2.39. The van der Waals surface area contributed by atoms with Gasteiger partial charge in [-0.15, -0.1) is 0 Å². The van der Waals surface area contributed by atoms with Gasteiger partial charge < -0.3 is 10.8 Å². The highest BCUT2D eigenvalue weighted by Crippen LogP contribution is 2.34. The van der Waals surface area contributed by atoms with Crippen LogP contribution in [0.15, 0.2) is 12.1 Å². The van der Waals surface area contributed by atoms with Gasteiger partial charge in [0.1, 0.15) is 0 Å². The summed E-state index contributed by atoms with van der Waals surface area (Å²) >= 11 is 0. The van der Waals surface area contributed by atoms with Gasteiger partial charge in [0.2, 0.25) is 0 Å². The van der Waals surface area contributed by atoms with Gasteiger partial charge in [-0.3, -0.25) is 0 Å². The van der Waals surface area contributed by atoms with E-state index in [1.54, 1.807) is 0 Å². The molecule has 1 aromatic carbocycles. The standard InChI is InChI=1S/C7H5F4NO/c8-4-1-3(7(9,10)11)2-5(12)6(4)13/h1-2,13H,12H2. The predicted octanol–water partition coefficient (Wildman–Crippen LogP) is 2.13. The number of nitrogen functional groups attached to an aromatic ring is 1. The lowest BCUT2D eigenvalue weighted by molar-refractivity contribution is -0.137. The van der Waals surface area contributed by atoms with E-state index in [9.17, 15) is 17.6 Å². The molecule has 0 heterocycles. The number of nitrogens with two attached hydrogens (primary N) is 1. The first-order chi connectivity index (χ1) is 5.82. The first kappa shape index (κ1) is 9.63. The molecule has 0 aliphatic heterocycles. The van der Waals surface area contributed by atoms with Crippen LogP contribution in [0.1, 0.15) is 5.56 Å². The molecule has 0 radical (unpaired) electrons. The van der Waals surface area contributed by atoms with Crippen molar-refractivity contribution in [3.8, 4) is 5.75 Å². The van der Waals surface area contributed by atoms with E-state index in [0.717, 1.165) is 0 Å². The highest BCUT2D eigenvalue weighted by molar-refractivity contribution is 5.54. The summed E-state index contributed by atoms with van der Waals surface area (Å²) in [6.07, 6.45) is -4.66. The Bertz CT molecular complexity index is 311. The quantitative estimate of drug-likeness (QED) is 0.378. The fourth-order valence-electron chi connectivity index (χ4n) is 0.784. The molecule has 0 atom stereocenters. The summed E-state index contributed by atoms with van der Waals surface area (Å²) in [5.74, 6) is -2.35. The second-order valence-corrected chi connectivity index (χ2v) is 2.39. The number of rotatable bonds is 0. The molecule has 72 valence electrons. The van der Waals surface area contributed by atoms with Crippen molar-refractivity contribution in [3.05, 3.63) is 23.5 Å². The zero-order valence-corrected chi connectivity index (χ0v) is 6.19. The van der Waals surface area contributed by atoms with Crippen LogP contribution in [-0.2, 0) is 6.18 Å². The summed E-state index contributed by atoms with van der Waals surface area (Å²) in [7, 11) is 0. The molecule has 0 fully saturated rings. The fourth-order valence-corrected chi connectivity index (χ4v) is 0.784. The van der Waals surface area contributed by atoms with Crippen molar-refractivity contribution in [2.24, 2.45) is 0 Å². The van der Waals surface area contributed by atoms with Crippen LogP contribution in [0.5, 0.6) is 5.75 Å². The number of halogens is 4. The normalized spacial score (nSPS) is 11.7. The molecular formula is C7H5F4NO. The Kier molecular flexibility index (Phi) is 2.07. The lowest BCUT2D eigenvalue weighted by Crippen LogP contribution is -2.06. The molecule has 0 amide bonds. The number of anilines is 1. The molecule has 0 aliphatic carbocycles. The minimum atomic E-state index is -4.66.